The molecular formula is C42H44ClN7O5. The minimum Gasteiger partial charge on any atom is -0.372 e. The van der Waals surface area contributed by atoms with Crippen LogP contribution in [0.3, 0.4) is 0 Å². The Labute approximate surface area is 325 Å². The Hall–Kier alpha value is -5.12. The van der Waals surface area contributed by atoms with Crippen LogP contribution in [0.1, 0.15) is 124 Å². The summed E-state index contributed by atoms with van der Waals surface area (Å²) in [5, 5.41) is 15.1. The summed E-state index contributed by atoms with van der Waals surface area (Å²) in [5.41, 5.74) is 5.83. The van der Waals surface area contributed by atoms with Crippen LogP contribution in [0.5, 0.6) is 0 Å². The fraction of sp³-hybridized carbons (Fsp3) is 0.452. The summed E-state index contributed by atoms with van der Waals surface area (Å²) in [4.78, 5) is 74.0. The average molecular weight is 762 g/mol. The molecule has 3 aromatic rings. The standard InChI is InChI=1S/C42H44ClN7O5/c1-48(32-10-6-26(19-44)35(43)18-32)31-11-8-30(9-12-31)46-39(52)36-13-7-27(20-45-36)25-4-2-24(3-5-25)21-49-22-28-16-33-34(17-29(28)23-49)42(55)50(41(33)54)37-14-15-38(51)47-40(37)53/h6-7,10,13,16-18,20,24-25,30-31,37H,2-5,8-9,11-12,14-15,21-23H2,1H3,(H,46,52)(H,47,51,53)/t24-,25-,30-,31-,37-/m1/s1. The van der Waals surface area contributed by atoms with Crippen LogP contribution in [0.25, 0.3) is 0 Å². The Morgan fingerprint density at radius 2 is 1.62 bits per heavy atom. The highest BCUT2D eigenvalue weighted by Gasteiger charge is 2.45. The molecule has 1 atom stereocenters. The number of halogens is 1. The number of fused-ring (bicyclic) bond motifs is 2. The molecule has 12 nitrogen and oxygen atoms in total. The Kier molecular flexibility index (Phi) is 10.2. The number of carbonyl (C=O) groups excluding carboxylic acids is 5. The van der Waals surface area contributed by atoms with Crippen molar-refractivity contribution in [3.63, 3.8) is 0 Å². The zero-order chi connectivity index (χ0) is 38.4. The van der Waals surface area contributed by atoms with E-state index in [1.165, 1.54) is 5.56 Å². The van der Waals surface area contributed by atoms with Gasteiger partial charge in [0.05, 0.1) is 21.7 Å². The van der Waals surface area contributed by atoms with Gasteiger partial charge in [-0.25, -0.2) is 0 Å². The molecule has 13 heteroatoms. The van der Waals surface area contributed by atoms with Crippen molar-refractivity contribution < 1.29 is 24.0 Å². The monoisotopic (exact) mass is 761 g/mol. The van der Waals surface area contributed by atoms with Crippen LogP contribution in [-0.4, -0.2) is 76.0 Å². The lowest BCUT2D eigenvalue weighted by atomic mass is 9.79. The summed E-state index contributed by atoms with van der Waals surface area (Å²) in [6.07, 6.45) is 10.0. The first-order chi connectivity index (χ1) is 26.6. The van der Waals surface area contributed by atoms with E-state index in [4.69, 9.17) is 11.6 Å². The van der Waals surface area contributed by atoms with Crippen LogP contribution in [0, 0.1) is 17.2 Å². The number of amides is 5. The maximum Gasteiger partial charge on any atom is 0.270 e. The summed E-state index contributed by atoms with van der Waals surface area (Å²) in [6, 6.07) is 14.7. The maximum atomic E-state index is 13.3. The Balaban J connectivity index is 0.784. The minimum atomic E-state index is -0.960. The van der Waals surface area contributed by atoms with Crippen molar-refractivity contribution in [2.24, 2.45) is 5.92 Å². The molecule has 2 saturated carbocycles. The fourth-order valence-corrected chi connectivity index (χ4v) is 9.50. The number of benzene rings is 2. The van der Waals surface area contributed by atoms with Gasteiger partial charge in [0.15, 0.2) is 0 Å². The van der Waals surface area contributed by atoms with Crippen LogP contribution in [0.15, 0.2) is 48.7 Å². The van der Waals surface area contributed by atoms with E-state index in [9.17, 15) is 29.2 Å². The maximum absolute atomic E-state index is 13.3. The second-order valence-corrected chi connectivity index (χ2v) is 16.3. The molecule has 1 saturated heterocycles. The van der Waals surface area contributed by atoms with Gasteiger partial charge in [0.1, 0.15) is 17.8 Å². The highest BCUT2D eigenvalue weighted by atomic mass is 35.5. The van der Waals surface area contributed by atoms with E-state index < -0.39 is 23.8 Å². The van der Waals surface area contributed by atoms with E-state index in [1.54, 1.807) is 6.07 Å². The van der Waals surface area contributed by atoms with Crippen LogP contribution in [0.4, 0.5) is 5.69 Å². The molecule has 8 rings (SSSR count). The zero-order valence-electron chi connectivity index (χ0n) is 30.9. The first-order valence-electron chi connectivity index (χ1n) is 19.3. The van der Waals surface area contributed by atoms with Crippen molar-refractivity contribution in [3.8, 4) is 6.07 Å². The Morgan fingerprint density at radius 1 is 0.927 bits per heavy atom. The van der Waals surface area contributed by atoms with E-state index in [0.29, 0.717) is 58.4 Å². The number of pyridine rings is 1. The van der Waals surface area contributed by atoms with Crippen molar-refractivity contribution in [1.82, 2.24) is 25.4 Å². The molecule has 3 fully saturated rings. The number of anilines is 1. The molecule has 5 aliphatic rings. The number of hydrogen-bond acceptors (Lipinski definition) is 9. The van der Waals surface area contributed by atoms with Crippen molar-refractivity contribution in [2.45, 2.75) is 101 Å². The van der Waals surface area contributed by atoms with Crippen LogP contribution < -0.4 is 15.5 Å². The predicted octanol–water partition coefficient (Wildman–Crippen LogP) is 5.47. The van der Waals surface area contributed by atoms with Gasteiger partial charge in [-0.1, -0.05) is 17.7 Å². The third kappa shape index (κ3) is 7.35. The van der Waals surface area contributed by atoms with Gasteiger partial charge >= 0.3 is 0 Å². The van der Waals surface area contributed by atoms with Crippen molar-refractivity contribution in [2.75, 3.05) is 18.5 Å². The molecular weight excluding hydrogens is 718 g/mol. The Bertz CT molecular complexity index is 2050. The van der Waals surface area contributed by atoms with E-state index in [1.807, 2.05) is 36.5 Å². The number of imide groups is 2. The van der Waals surface area contributed by atoms with Crippen molar-refractivity contribution in [1.29, 1.82) is 5.26 Å². The van der Waals surface area contributed by atoms with Gasteiger partial charge in [-0.3, -0.25) is 44.1 Å². The summed E-state index contributed by atoms with van der Waals surface area (Å²) in [6.45, 7) is 2.36. The van der Waals surface area contributed by atoms with Gasteiger partial charge < -0.3 is 10.2 Å². The van der Waals surface area contributed by atoms with E-state index >= 15 is 0 Å². The highest BCUT2D eigenvalue weighted by Crippen LogP contribution is 2.38. The summed E-state index contributed by atoms with van der Waals surface area (Å²) in [5.74, 6) is -1.11. The van der Waals surface area contributed by atoms with Crippen molar-refractivity contribution in [3.05, 3.63) is 92.8 Å². The second-order valence-electron chi connectivity index (χ2n) is 15.8. The number of nitriles is 1. The Morgan fingerprint density at radius 3 is 2.22 bits per heavy atom. The number of nitrogens with one attached hydrogen (secondary N) is 2. The predicted molar refractivity (Wildman–Crippen MR) is 204 cm³/mol. The van der Waals surface area contributed by atoms with Gasteiger partial charge in [-0.15, -0.1) is 0 Å². The van der Waals surface area contributed by atoms with Gasteiger partial charge in [0.25, 0.3) is 17.7 Å². The summed E-state index contributed by atoms with van der Waals surface area (Å²) in [7, 11) is 2.05. The first kappa shape index (κ1) is 36.8. The molecule has 284 valence electrons. The van der Waals surface area contributed by atoms with E-state index in [2.05, 4.69) is 44.6 Å². The molecule has 1 aromatic heterocycles. The van der Waals surface area contributed by atoms with Crippen molar-refractivity contribution >= 4 is 46.8 Å². The first-order valence-corrected chi connectivity index (χ1v) is 19.7. The van der Waals surface area contributed by atoms with E-state index in [-0.39, 0.29) is 30.7 Å². The minimum absolute atomic E-state index is 0.0986. The normalized spacial score (nSPS) is 25.3. The lowest BCUT2D eigenvalue weighted by molar-refractivity contribution is -0.136. The SMILES string of the molecule is CN(c1ccc(C#N)c(Cl)c1)[C@H]1CC[C@H](NC(=O)c2ccc([C@H]3CC[C@H](CN4Cc5cc6c(cc5C4)C(=O)N([C@@H]4CCC(=O)NC4=O)C6=O)CC3)cn2)CC1. The lowest BCUT2D eigenvalue weighted by Crippen LogP contribution is -2.54. The molecule has 0 spiro atoms. The topological polar surface area (TPSA) is 156 Å². The zero-order valence-corrected chi connectivity index (χ0v) is 31.6. The smallest absolute Gasteiger partial charge is 0.270 e. The molecule has 2 aliphatic carbocycles. The van der Waals surface area contributed by atoms with Gasteiger partial charge in [0, 0.05) is 57.1 Å². The molecule has 2 N–H and O–H groups in total. The number of nitrogens with zero attached hydrogens (tertiary/aromatic N) is 5. The quantitative estimate of drug-likeness (QED) is 0.284. The number of rotatable bonds is 8. The number of carbonyl (C=O) groups is 5. The molecule has 0 radical (unpaired) electrons. The lowest BCUT2D eigenvalue weighted by Gasteiger charge is -2.36. The highest BCUT2D eigenvalue weighted by molar-refractivity contribution is 6.32. The molecule has 55 heavy (non-hydrogen) atoms. The third-order valence-electron chi connectivity index (χ3n) is 12.5. The number of hydrogen-bond donors (Lipinski definition) is 2. The number of aromatic nitrogens is 1. The third-order valence-corrected chi connectivity index (χ3v) is 12.8. The van der Waals surface area contributed by atoms with Gasteiger partial charge in [-0.05, 0) is 123 Å². The van der Waals surface area contributed by atoms with Gasteiger partial charge in [0.2, 0.25) is 11.8 Å². The fourth-order valence-electron chi connectivity index (χ4n) is 9.28. The molecule has 2 aromatic carbocycles. The van der Waals surface area contributed by atoms with Crippen LogP contribution in [-0.2, 0) is 22.7 Å². The van der Waals surface area contributed by atoms with E-state index in [0.717, 1.165) is 79.6 Å². The molecule has 5 amide bonds. The number of piperidine rings is 1. The molecule has 0 unspecified atom stereocenters. The van der Waals surface area contributed by atoms with Crippen LogP contribution in [0.2, 0.25) is 5.02 Å². The van der Waals surface area contributed by atoms with Crippen LogP contribution >= 0.6 is 11.6 Å². The molecule has 4 heterocycles. The molecule has 0 bridgehead atoms. The van der Waals surface area contributed by atoms with Gasteiger partial charge in [-0.2, -0.15) is 5.26 Å². The second kappa shape index (κ2) is 15.2. The summed E-state index contributed by atoms with van der Waals surface area (Å²) >= 11 is 6.26. The average Bonchev–Trinajstić information content (AvgIpc) is 3.69. The largest absolute Gasteiger partial charge is 0.372 e. The molecule has 3 aliphatic heterocycles. The summed E-state index contributed by atoms with van der Waals surface area (Å²) < 4.78 is 0.